The molecule has 0 aromatic carbocycles. The zero-order valence-electron chi connectivity index (χ0n) is 7.28. The Morgan fingerprint density at radius 2 is 1.90 bits per heavy atom. The van der Waals surface area contributed by atoms with Gasteiger partial charge in [-0.1, -0.05) is 20.8 Å². The quantitative estimate of drug-likeness (QED) is 0.474. The van der Waals surface area contributed by atoms with Gasteiger partial charge in [-0.3, -0.25) is 0 Å². The van der Waals surface area contributed by atoms with Crippen molar-refractivity contribution >= 4 is 12.6 Å². The summed E-state index contributed by atoms with van der Waals surface area (Å²) in [5, 5.41) is 3.38. The summed E-state index contributed by atoms with van der Waals surface area (Å²) in [6.07, 6.45) is 1.17. The molecule has 0 bridgehead atoms. The molecule has 62 valence electrons. The van der Waals surface area contributed by atoms with Crippen molar-refractivity contribution in [2.45, 2.75) is 27.2 Å². The Labute approximate surface area is 70.0 Å². The molecule has 0 aromatic heterocycles. The molecule has 0 radical (unpaired) electrons. The predicted molar refractivity (Wildman–Crippen MR) is 50.8 cm³/mol. The zero-order valence-corrected chi connectivity index (χ0v) is 8.17. The van der Waals surface area contributed by atoms with Crippen molar-refractivity contribution in [3.63, 3.8) is 0 Å². The Hall–Kier alpha value is 0.310. The molecule has 10 heavy (non-hydrogen) atoms. The fourth-order valence-electron chi connectivity index (χ4n) is 0.667. The maximum absolute atomic E-state index is 4.13. The third-order valence-corrected chi connectivity index (χ3v) is 1.48. The SMILES string of the molecule is CC(C)(C)CNCCCS. The average Bonchev–Trinajstić information content (AvgIpc) is 1.78. The van der Waals surface area contributed by atoms with Gasteiger partial charge in [0.2, 0.25) is 0 Å². The lowest BCUT2D eigenvalue weighted by molar-refractivity contribution is 0.381. The van der Waals surface area contributed by atoms with E-state index in [2.05, 4.69) is 38.7 Å². The molecule has 0 unspecified atom stereocenters. The molecular formula is C8H19NS. The van der Waals surface area contributed by atoms with Gasteiger partial charge >= 0.3 is 0 Å². The van der Waals surface area contributed by atoms with Crippen LogP contribution in [-0.2, 0) is 0 Å². The van der Waals surface area contributed by atoms with Gasteiger partial charge < -0.3 is 5.32 Å². The van der Waals surface area contributed by atoms with Crippen LogP contribution in [0.25, 0.3) is 0 Å². The fraction of sp³-hybridized carbons (Fsp3) is 1.00. The monoisotopic (exact) mass is 161 g/mol. The molecule has 0 aliphatic rings. The first-order chi connectivity index (χ1) is 4.56. The first-order valence-electron chi connectivity index (χ1n) is 3.88. The third kappa shape index (κ3) is 8.31. The average molecular weight is 161 g/mol. The number of nitrogens with one attached hydrogen (secondary N) is 1. The van der Waals surface area contributed by atoms with Crippen molar-refractivity contribution in [2.24, 2.45) is 5.41 Å². The summed E-state index contributed by atoms with van der Waals surface area (Å²) in [6, 6.07) is 0. The first kappa shape index (κ1) is 10.3. The normalized spacial score (nSPS) is 12.0. The van der Waals surface area contributed by atoms with Crippen molar-refractivity contribution < 1.29 is 0 Å². The largest absolute Gasteiger partial charge is 0.316 e. The maximum Gasteiger partial charge on any atom is -0.0000120 e. The molecule has 0 rings (SSSR count). The molecular weight excluding hydrogens is 142 g/mol. The van der Waals surface area contributed by atoms with Crippen LogP contribution >= 0.6 is 12.6 Å². The van der Waals surface area contributed by atoms with Crippen LogP contribution in [0.5, 0.6) is 0 Å². The van der Waals surface area contributed by atoms with E-state index in [0.717, 1.165) is 18.8 Å². The lowest BCUT2D eigenvalue weighted by atomic mass is 9.97. The van der Waals surface area contributed by atoms with Crippen LogP contribution < -0.4 is 5.32 Å². The molecule has 0 aromatic rings. The van der Waals surface area contributed by atoms with Crippen LogP contribution in [0.4, 0.5) is 0 Å². The molecule has 0 amide bonds. The summed E-state index contributed by atoms with van der Waals surface area (Å²) in [5.74, 6) is 0.983. The molecule has 0 spiro atoms. The summed E-state index contributed by atoms with van der Waals surface area (Å²) in [5.41, 5.74) is 0.413. The highest BCUT2D eigenvalue weighted by Crippen LogP contribution is 2.09. The number of hydrogen-bond acceptors (Lipinski definition) is 2. The van der Waals surface area contributed by atoms with Gasteiger partial charge in [-0.25, -0.2) is 0 Å². The molecule has 0 saturated heterocycles. The van der Waals surface area contributed by atoms with E-state index in [1.54, 1.807) is 0 Å². The van der Waals surface area contributed by atoms with Gasteiger partial charge in [0, 0.05) is 0 Å². The van der Waals surface area contributed by atoms with E-state index < -0.39 is 0 Å². The van der Waals surface area contributed by atoms with Crippen LogP contribution in [0.15, 0.2) is 0 Å². The minimum absolute atomic E-state index is 0.413. The van der Waals surface area contributed by atoms with Gasteiger partial charge in [-0.2, -0.15) is 12.6 Å². The van der Waals surface area contributed by atoms with E-state index in [9.17, 15) is 0 Å². The molecule has 0 atom stereocenters. The van der Waals surface area contributed by atoms with Crippen molar-refractivity contribution in [1.82, 2.24) is 5.32 Å². The summed E-state index contributed by atoms with van der Waals surface area (Å²) >= 11 is 4.13. The molecule has 2 heteroatoms. The van der Waals surface area contributed by atoms with Crippen LogP contribution in [0.3, 0.4) is 0 Å². The molecule has 0 heterocycles. The van der Waals surface area contributed by atoms with Gasteiger partial charge in [0.05, 0.1) is 0 Å². The maximum atomic E-state index is 4.13. The highest BCUT2D eigenvalue weighted by atomic mass is 32.1. The number of thiol groups is 1. The van der Waals surface area contributed by atoms with Crippen molar-refractivity contribution in [3.05, 3.63) is 0 Å². The minimum atomic E-state index is 0.413. The smallest absolute Gasteiger partial charge is 0.0000120 e. The van der Waals surface area contributed by atoms with Crippen molar-refractivity contribution in [2.75, 3.05) is 18.8 Å². The third-order valence-electron chi connectivity index (χ3n) is 1.17. The van der Waals surface area contributed by atoms with E-state index in [-0.39, 0.29) is 0 Å². The van der Waals surface area contributed by atoms with Crippen LogP contribution in [0.2, 0.25) is 0 Å². The van der Waals surface area contributed by atoms with Gasteiger partial charge in [0.15, 0.2) is 0 Å². The second-order valence-corrected chi connectivity index (χ2v) is 4.26. The number of hydrogen-bond donors (Lipinski definition) is 2. The molecule has 1 N–H and O–H groups in total. The zero-order chi connectivity index (χ0) is 8.04. The van der Waals surface area contributed by atoms with Gasteiger partial charge in [-0.15, -0.1) is 0 Å². The minimum Gasteiger partial charge on any atom is -0.316 e. The lowest BCUT2D eigenvalue weighted by Crippen LogP contribution is -2.27. The fourth-order valence-corrected chi connectivity index (χ4v) is 0.826. The van der Waals surface area contributed by atoms with Crippen molar-refractivity contribution in [1.29, 1.82) is 0 Å². The van der Waals surface area contributed by atoms with E-state index in [4.69, 9.17) is 0 Å². The van der Waals surface area contributed by atoms with E-state index in [1.807, 2.05) is 0 Å². The van der Waals surface area contributed by atoms with Crippen LogP contribution in [-0.4, -0.2) is 18.8 Å². The summed E-state index contributed by atoms with van der Waals surface area (Å²) < 4.78 is 0. The second kappa shape index (κ2) is 5.03. The highest BCUT2D eigenvalue weighted by Gasteiger charge is 2.07. The topological polar surface area (TPSA) is 12.0 Å². The van der Waals surface area contributed by atoms with Crippen molar-refractivity contribution in [3.8, 4) is 0 Å². The summed E-state index contributed by atoms with van der Waals surface area (Å²) in [6.45, 7) is 8.91. The van der Waals surface area contributed by atoms with E-state index >= 15 is 0 Å². The van der Waals surface area contributed by atoms with Gasteiger partial charge in [0.25, 0.3) is 0 Å². The van der Waals surface area contributed by atoms with Crippen LogP contribution in [0.1, 0.15) is 27.2 Å². The van der Waals surface area contributed by atoms with Crippen LogP contribution in [0, 0.1) is 5.41 Å². The summed E-state index contributed by atoms with van der Waals surface area (Å²) in [7, 11) is 0. The molecule has 0 saturated carbocycles. The highest BCUT2D eigenvalue weighted by molar-refractivity contribution is 7.80. The Bertz CT molecular complexity index is 75.8. The standard InChI is InChI=1S/C8H19NS/c1-8(2,3)7-9-5-4-6-10/h9-10H,4-7H2,1-3H3. The van der Waals surface area contributed by atoms with Gasteiger partial charge in [-0.05, 0) is 30.7 Å². The molecule has 1 nitrogen and oxygen atoms in total. The second-order valence-electron chi connectivity index (χ2n) is 3.81. The predicted octanol–water partition coefficient (Wildman–Crippen LogP) is 1.94. The van der Waals surface area contributed by atoms with Gasteiger partial charge in [0.1, 0.15) is 0 Å². The summed E-state index contributed by atoms with van der Waals surface area (Å²) in [4.78, 5) is 0. The van der Waals surface area contributed by atoms with E-state index in [0.29, 0.717) is 5.41 Å². The first-order valence-corrected chi connectivity index (χ1v) is 4.51. The molecule has 0 aliphatic heterocycles. The lowest BCUT2D eigenvalue weighted by Gasteiger charge is -2.18. The Kier molecular flexibility index (Phi) is 5.18. The Morgan fingerprint density at radius 3 is 2.30 bits per heavy atom. The van der Waals surface area contributed by atoms with E-state index in [1.165, 1.54) is 6.42 Å². The molecule has 0 aliphatic carbocycles. The Balaban J connectivity index is 3.04. The number of rotatable bonds is 4. The Morgan fingerprint density at radius 1 is 1.30 bits per heavy atom. The molecule has 0 fully saturated rings.